The van der Waals surface area contributed by atoms with Gasteiger partial charge in [0.15, 0.2) is 9.84 Å². The number of pyridine rings is 2. The molecular formula is C27H26N4O3S. The van der Waals surface area contributed by atoms with Crippen LogP contribution in [0.3, 0.4) is 0 Å². The summed E-state index contributed by atoms with van der Waals surface area (Å²) in [6.07, 6.45) is 5.23. The van der Waals surface area contributed by atoms with Crippen molar-refractivity contribution in [2.45, 2.75) is 17.2 Å². The third-order valence-corrected chi connectivity index (χ3v) is 7.99. The first-order valence-electron chi connectivity index (χ1n) is 11.6. The molecule has 1 saturated heterocycles. The highest BCUT2D eigenvalue weighted by Crippen LogP contribution is 2.24. The number of sulfone groups is 1. The van der Waals surface area contributed by atoms with Crippen molar-refractivity contribution >= 4 is 26.6 Å². The van der Waals surface area contributed by atoms with Gasteiger partial charge in [0.2, 0.25) is 0 Å². The zero-order valence-electron chi connectivity index (χ0n) is 19.2. The second kappa shape index (κ2) is 9.93. The zero-order chi connectivity index (χ0) is 24.3. The van der Waals surface area contributed by atoms with E-state index in [-0.39, 0.29) is 16.6 Å². The van der Waals surface area contributed by atoms with Crippen molar-refractivity contribution in [3.8, 4) is 0 Å². The highest BCUT2D eigenvalue weighted by atomic mass is 32.2. The molecule has 4 aromatic rings. The van der Waals surface area contributed by atoms with Gasteiger partial charge in [0, 0.05) is 62.3 Å². The number of aromatic nitrogens is 2. The summed E-state index contributed by atoms with van der Waals surface area (Å²) < 4.78 is 26.2. The Bertz CT molecular complexity index is 1430. The number of carbonyl (C=O) groups excluding carboxylic acids is 1. The molecular weight excluding hydrogens is 460 g/mol. The van der Waals surface area contributed by atoms with Gasteiger partial charge in [0.1, 0.15) is 0 Å². The Morgan fingerprint density at radius 1 is 0.829 bits per heavy atom. The Labute approximate surface area is 205 Å². The van der Waals surface area contributed by atoms with Crippen molar-refractivity contribution in [2.24, 2.45) is 0 Å². The van der Waals surface area contributed by atoms with Gasteiger partial charge < -0.3 is 4.90 Å². The molecule has 1 fully saturated rings. The van der Waals surface area contributed by atoms with Crippen molar-refractivity contribution in [3.05, 3.63) is 102 Å². The molecule has 7 nitrogen and oxygen atoms in total. The maximum atomic E-state index is 13.1. The molecule has 35 heavy (non-hydrogen) atoms. The Kier molecular flexibility index (Phi) is 6.57. The van der Waals surface area contributed by atoms with E-state index >= 15 is 0 Å². The molecule has 0 N–H and O–H groups in total. The standard InChI is InChI=1S/C27H26N4O3S/c32-27(31-16-14-30(15-17-31)19-22-4-2-12-28-18-22)24-10-8-21(9-11-24)20-35(33,34)25-7-1-5-23-6-3-13-29-26(23)25/h1-13,18H,14-17,19-20H2. The highest BCUT2D eigenvalue weighted by Gasteiger charge is 2.23. The maximum Gasteiger partial charge on any atom is 0.253 e. The van der Waals surface area contributed by atoms with E-state index in [2.05, 4.69) is 20.9 Å². The first-order valence-corrected chi connectivity index (χ1v) is 13.2. The van der Waals surface area contributed by atoms with Crippen molar-refractivity contribution in [3.63, 3.8) is 0 Å². The van der Waals surface area contributed by atoms with E-state index in [1.54, 1.807) is 54.9 Å². The molecule has 0 atom stereocenters. The molecule has 0 spiro atoms. The quantitative estimate of drug-likeness (QED) is 0.414. The normalized spacial score (nSPS) is 14.8. The number of fused-ring (bicyclic) bond motifs is 1. The Balaban J connectivity index is 1.22. The molecule has 3 heterocycles. The highest BCUT2D eigenvalue weighted by molar-refractivity contribution is 7.90. The van der Waals surface area contributed by atoms with Crippen LogP contribution in [0.2, 0.25) is 0 Å². The van der Waals surface area contributed by atoms with Crippen molar-refractivity contribution in [2.75, 3.05) is 26.2 Å². The van der Waals surface area contributed by atoms with E-state index in [1.807, 2.05) is 29.3 Å². The first kappa shape index (κ1) is 23.1. The summed E-state index contributed by atoms with van der Waals surface area (Å²) in [6, 6.07) is 19.7. The number of para-hydroxylation sites is 1. The predicted octanol–water partition coefficient (Wildman–Crippen LogP) is 3.56. The lowest BCUT2D eigenvalue weighted by Gasteiger charge is -2.34. The molecule has 178 valence electrons. The van der Waals surface area contributed by atoms with Crippen molar-refractivity contribution in [1.82, 2.24) is 19.8 Å². The summed E-state index contributed by atoms with van der Waals surface area (Å²) in [7, 11) is -3.59. The van der Waals surface area contributed by atoms with Gasteiger partial charge in [0.05, 0.1) is 16.2 Å². The van der Waals surface area contributed by atoms with Crippen molar-refractivity contribution < 1.29 is 13.2 Å². The average molecular weight is 487 g/mol. The first-order chi connectivity index (χ1) is 17.0. The molecule has 0 radical (unpaired) electrons. The van der Waals surface area contributed by atoms with Crippen LogP contribution >= 0.6 is 0 Å². The number of nitrogens with zero attached hydrogens (tertiary/aromatic N) is 4. The van der Waals surface area contributed by atoms with Crippen molar-refractivity contribution in [1.29, 1.82) is 0 Å². The van der Waals surface area contributed by atoms with Crippen LogP contribution in [0.4, 0.5) is 0 Å². The van der Waals surface area contributed by atoms with Gasteiger partial charge >= 0.3 is 0 Å². The molecule has 1 aliphatic heterocycles. The third kappa shape index (κ3) is 5.23. The van der Waals surface area contributed by atoms with Crippen LogP contribution in [0.25, 0.3) is 10.9 Å². The molecule has 2 aromatic carbocycles. The van der Waals surface area contributed by atoms with E-state index in [0.29, 0.717) is 29.7 Å². The summed E-state index contributed by atoms with van der Waals surface area (Å²) in [5, 5.41) is 0.787. The Hall–Kier alpha value is -3.62. The predicted molar refractivity (Wildman–Crippen MR) is 134 cm³/mol. The molecule has 1 amide bonds. The second-order valence-electron chi connectivity index (χ2n) is 8.72. The van der Waals surface area contributed by atoms with Crippen LogP contribution in [0, 0.1) is 0 Å². The number of piperazine rings is 1. The molecule has 0 unspecified atom stereocenters. The fraction of sp³-hybridized carbons (Fsp3) is 0.222. The lowest BCUT2D eigenvalue weighted by molar-refractivity contribution is 0.0628. The Morgan fingerprint density at radius 3 is 2.31 bits per heavy atom. The van der Waals surface area contributed by atoms with Gasteiger partial charge in [-0.3, -0.25) is 19.7 Å². The van der Waals surface area contributed by atoms with Crippen LogP contribution in [0.1, 0.15) is 21.5 Å². The second-order valence-corrected chi connectivity index (χ2v) is 10.7. The molecule has 0 aliphatic carbocycles. The number of hydrogen-bond donors (Lipinski definition) is 0. The molecule has 0 bridgehead atoms. The molecule has 2 aromatic heterocycles. The number of amides is 1. The van der Waals surface area contributed by atoms with E-state index < -0.39 is 9.84 Å². The fourth-order valence-electron chi connectivity index (χ4n) is 4.41. The summed E-state index contributed by atoms with van der Waals surface area (Å²) in [4.78, 5) is 25.8. The number of carbonyl (C=O) groups is 1. The third-order valence-electron chi connectivity index (χ3n) is 6.28. The monoisotopic (exact) mass is 486 g/mol. The minimum absolute atomic E-state index is 0.0290. The number of hydrogen-bond acceptors (Lipinski definition) is 6. The van der Waals surface area contributed by atoms with Gasteiger partial charge in [-0.15, -0.1) is 0 Å². The molecule has 0 saturated carbocycles. The molecule has 5 rings (SSSR count). The Morgan fingerprint density at radius 2 is 1.57 bits per heavy atom. The van der Waals surface area contributed by atoms with Crippen LogP contribution in [0.5, 0.6) is 0 Å². The van der Waals surface area contributed by atoms with Crippen LogP contribution in [-0.4, -0.2) is 60.3 Å². The van der Waals surface area contributed by atoms with Gasteiger partial charge in [-0.1, -0.05) is 36.4 Å². The van der Waals surface area contributed by atoms with Gasteiger partial charge in [-0.05, 0) is 41.5 Å². The van der Waals surface area contributed by atoms with E-state index in [0.717, 1.165) is 30.6 Å². The maximum absolute atomic E-state index is 13.1. The lowest BCUT2D eigenvalue weighted by Crippen LogP contribution is -2.48. The fourth-order valence-corrected chi connectivity index (χ4v) is 5.95. The number of rotatable bonds is 6. The summed E-state index contributed by atoms with van der Waals surface area (Å²) >= 11 is 0. The van der Waals surface area contributed by atoms with Gasteiger partial charge in [-0.2, -0.15) is 0 Å². The zero-order valence-corrected chi connectivity index (χ0v) is 20.1. The van der Waals surface area contributed by atoms with Crippen LogP contribution < -0.4 is 0 Å². The summed E-state index contributed by atoms with van der Waals surface area (Å²) in [6.45, 7) is 3.74. The van der Waals surface area contributed by atoms with E-state index in [4.69, 9.17) is 0 Å². The number of benzene rings is 2. The largest absolute Gasteiger partial charge is 0.336 e. The smallest absolute Gasteiger partial charge is 0.253 e. The van der Waals surface area contributed by atoms with Gasteiger partial charge in [-0.25, -0.2) is 8.42 Å². The van der Waals surface area contributed by atoms with E-state index in [9.17, 15) is 13.2 Å². The summed E-state index contributed by atoms with van der Waals surface area (Å²) in [5.74, 6) is -0.178. The SMILES string of the molecule is O=C(c1ccc(CS(=O)(=O)c2cccc3cccnc23)cc1)N1CCN(Cc2cccnc2)CC1. The van der Waals surface area contributed by atoms with Crippen LogP contribution in [-0.2, 0) is 22.1 Å². The lowest BCUT2D eigenvalue weighted by atomic mass is 10.1. The average Bonchev–Trinajstić information content (AvgIpc) is 2.89. The minimum atomic E-state index is -3.59. The van der Waals surface area contributed by atoms with Crippen LogP contribution in [0.15, 0.2) is 90.2 Å². The topological polar surface area (TPSA) is 83.5 Å². The van der Waals surface area contributed by atoms with Gasteiger partial charge in [0.25, 0.3) is 5.91 Å². The molecule has 1 aliphatic rings. The molecule has 8 heteroatoms. The minimum Gasteiger partial charge on any atom is -0.336 e. The van der Waals surface area contributed by atoms with E-state index in [1.165, 1.54) is 0 Å². The summed E-state index contributed by atoms with van der Waals surface area (Å²) in [5.41, 5.74) is 2.84.